The number of benzene rings is 1. The quantitative estimate of drug-likeness (QED) is 0.833. The van der Waals surface area contributed by atoms with E-state index in [1.165, 1.54) is 18.2 Å². The maximum atomic E-state index is 13.0. The maximum Gasteiger partial charge on any atom is 0.244 e. The third kappa shape index (κ3) is 4.07. The van der Waals surface area contributed by atoms with Crippen molar-refractivity contribution >= 4 is 23.6 Å². The number of hydrogen-bond donors (Lipinski definition) is 1. The fourth-order valence-corrected chi connectivity index (χ4v) is 2.79. The molecule has 0 aromatic heterocycles. The van der Waals surface area contributed by atoms with Crippen molar-refractivity contribution in [1.82, 2.24) is 5.32 Å². The highest BCUT2D eigenvalue weighted by atomic mass is 35.5. The molecule has 1 atom stereocenters. The summed E-state index contributed by atoms with van der Waals surface area (Å²) in [7, 11) is 0. The van der Waals surface area contributed by atoms with E-state index in [1.807, 2.05) is 0 Å². The van der Waals surface area contributed by atoms with Crippen molar-refractivity contribution in [3.8, 4) is 0 Å². The summed E-state index contributed by atoms with van der Waals surface area (Å²) in [4.78, 5) is 11.8. The van der Waals surface area contributed by atoms with Gasteiger partial charge >= 0.3 is 0 Å². The lowest BCUT2D eigenvalue weighted by Crippen LogP contribution is -2.32. The molecule has 1 aliphatic carbocycles. The van der Waals surface area contributed by atoms with Crippen molar-refractivity contribution in [2.24, 2.45) is 5.41 Å². The molecular weight excluding hydrogens is 277 g/mol. The molecule has 108 valence electrons. The Hall–Kier alpha value is -1.35. The van der Waals surface area contributed by atoms with Gasteiger partial charge in [-0.1, -0.05) is 31.5 Å². The number of amides is 1. The first-order chi connectivity index (χ1) is 9.35. The number of rotatable bonds is 3. The minimum Gasteiger partial charge on any atom is -0.350 e. The number of carbonyl (C=O) groups is 1. The monoisotopic (exact) mass is 295 g/mol. The highest BCUT2D eigenvalue weighted by Crippen LogP contribution is 2.36. The van der Waals surface area contributed by atoms with Gasteiger partial charge in [0, 0.05) is 12.1 Å². The minimum atomic E-state index is -0.457. The Labute approximate surface area is 124 Å². The second-order valence-electron chi connectivity index (χ2n) is 6.12. The maximum absolute atomic E-state index is 13.0. The molecule has 1 aromatic carbocycles. The molecular formula is C16H19ClFNO. The zero-order valence-electron chi connectivity index (χ0n) is 11.7. The van der Waals surface area contributed by atoms with Crippen LogP contribution in [-0.2, 0) is 4.79 Å². The van der Waals surface area contributed by atoms with Crippen LogP contribution in [0.3, 0.4) is 0 Å². The number of nitrogens with one attached hydrogen (secondary N) is 1. The summed E-state index contributed by atoms with van der Waals surface area (Å²) in [5.41, 5.74) is 1.02. The fraction of sp³-hybridized carbons (Fsp3) is 0.438. The lowest BCUT2D eigenvalue weighted by Gasteiger charge is -2.17. The lowest BCUT2D eigenvalue weighted by molar-refractivity contribution is -0.117. The van der Waals surface area contributed by atoms with Gasteiger partial charge in [0.25, 0.3) is 0 Å². The van der Waals surface area contributed by atoms with Crippen LogP contribution in [-0.4, -0.2) is 11.9 Å². The van der Waals surface area contributed by atoms with E-state index in [4.69, 9.17) is 11.6 Å². The molecule has 1 aliphatic rings. The highest BCUT2D eigenvalue weighted by molar-refractivity contribution is 6.30. The summed E-state index contributed by atoms with van der Waals surface area (Å²) in [6.07, 6.45) is 6.27. The molecule has 1 fully saturated rings. The number of halogens is 2. The zero-order chi connectivity index (χ0) is 14.8. The largest absolute Gasteiger partial charge is 0.350 e. The first-order valence-electron chi connectivity index (χ1n) is 6.79. The topological polar surface area (TPSA) is 29.1 Å². The average molecular weight is 296 g/mol. The van der Waals surface area contributed by atoms with Crippen LogP contribution in [0.4, 0.5) is 4.39 Å². The third-order valence-electron chi connectivity index (χ3n) is 3.69. The molecule has 0 spiro atoms. The van der Waals surface area contributed by atoms with E-state index < -0.39 is 5.82 Å². The summed E-state index contributed by atoms with van der Waals surface area (Å²) in [5, 5.41) is 3.06. The summed E-state index contributed by atoms with van der Waals surface area (Å²) in [6.45, 7) is 4.44. The van der Waals surface area contributed by atoms with Crippen LogP contribution < -0.4 is 5.32 Å². The predicted molar refractivity (Wildman–Crippen MR) is 80.0 cm³/mol. The van der Waals surface area contributed by atoms with Gasteiger partial charge in [-0.05, 0) is 48.4 Å². The van der Waals surface area contributed by atoms with Gasteiger partial charge in [-0.3, -0.25) is 4.79 Å². The van der Waals surface area contributed by atoms with Gasteiger partial charge in [0.05, 0.1) is 5.02 Å². The van der Waals surface area contributed by atoms with Crippen LogP contribution >= 0.6 is 11.6 Å². The Kier molecular flexibility index (Phi) is 4.48. The van der Waals surface area contributed by atoms with Gasteiger partial charge < -0.3 is 5.32 Å². The average Bonchev–Trinajstić information content (AvgIpc) is 2.70. The molecule has 1 aromatic rings. The van der Waals surface area contributed by atoms with Crippen LogP contribution in [0, 0.1) is 11.2 Å². The smallest absolute Gasteiger partial charge is 0.244 e. The summed E-state index contributed by atoms with van der Waals surface area (Å²) >= 11 is 5.69. The van der Waals surface area contributed by atoms with Crippen molar-refractivity contribution in [3.05, 3.63) is 40.7 Å². The standard InChI is InChI=1S/C16H19ClFNO/c1-16(2)8-7-12(10-16)19-15(20)6-4-11-3-5-14(18)13(17)9-11/h3-6,9,12H,7-8,10H2,1-2H3,(H,19,20)/b6-4+. The normalized spacial score (nSPS) is 21.3. The molecule has 0 bridgehead atoms. The molecule has 1 amide bonds. The van der Waals surface area contributed by atoms with Crippen LogP contribution in [0.1, 0.15) is 38.7 Å². The van der Waals surface area contributed by atoms with E-state index >= 15 is 0 Å². The Morgan fingerprint density at radius 1 is 1.50 bits per heavy atom. The van der Waals surface area contributed by atoms with Crippen molar-refractivity contribution in [3.63, 3.8) is 0 Å². The summed E-state index contributed by atoms with van der Waals surface area (Å²) in [5.74, 6) is -0.574. The first kappa shape index (κ1) is 15.0. The molecule has 1 unspecified atom stereocenters. The number of carbonyl (C=O) groups excluding carboxylic acids is 1. The predicted octanol–water partition coefficient (Wildman–Crippen LogP) is 4.19. The summed E-state index contributed by atoms with van der Waals surface area (Å²) in [6, 6.07) is 4.63. The molecule has 0 aliphatic heterocycles. The van der Waals surface area contributed by atoms with E-state index in [0.717, 1.165) is 19.3 Å². The molecule has 0 heterocycles. The molecule has 2 rings (SSSR count). The molecule has 1 saturated carbocycles. The van der Waals surface area contributed by atoms with Crippen molar-refractivity contribution in [1.29, 1.82) is 0 Å². The lowest BCUT2D eigenvalue weighted by atomic mass is 9.92. The Balaban J connectivity index is 1.91. The molecule has 0 saturated heterocycles. The van der Waals surface area contributed by atoms with Gasteiger partial charge in [0.1, 0.15) is 5.82 Å². The van der Waals surface area contributed by atoms with Crippen LogP contribution in [0.15, 0.2) is 24.3 Å². The van der Waals surface area contributed by atoms with Crippen molar-refractivity contribution < 1.29 is 9.18 Å². The Bertz CT molecular complexity index is 539. The Morgan fingerprint density at radius 3 is 2.85 bits per heavy atom. The van der Waals surface area contributed by atoms with Gasteiger partial charge in [-0.2, -0.15) is 0 Å². The SMILES string of the molecule is CC1(C)CCC(NC(=O)/C=C/c2ccc(F)c(Cl)c2)C1. The highest BCUT2D eigenvalue weighted by Gasteiger charge is 2.31. The zero-order valence-corrected chi connectivity index (χ0v) is 12.5. The van der Waals surface area contributed by atoms with E-state index in [1.54, 1.807) is 12.1 Å². The molecule has 1 N–H and O–H groups in total. The van der Waals surface area contributed by atoms with Crippen molar-refractivity contribution in [2.75, 3.05) is 0 Å². The van der Waals surface area contributed by atoms with Crippen LogP contribution in [0.25, 0.3) is 6.08 Å². The first-order valence-corrected chi connectivity index (χ1v) is 7.17. The van der Waals surface area contributed by atoms with Crippen LogP contribution in [0.2, 0.25) is 5.02 Å². The van der Waals surface area contributed by atoms with Gasteiger partial charge in [-0.15, -0.1) is 0 Å². The molecule has 4 heteroatoms. The third-order valence-corrected chi connectivity index (χ3v) is 3.98. The minimum absolute atomic E-state index is 0.0603. The van der Waals surface area contributed by atoms with Gasteiger partial charge in [-0.25, -0.2) is 4.39 Å². The molecule has 2 nitrogen and oxygen atoms in total. The Morgan fingerprint density at radius 2 is 2.25 bits per heavy atom. The van der Waals surface area contributed by atoms with E-state index in [-0.39, 0.29) is 17.0 Å². The molecule has 0 radical (unpaired) electrons. The van der Waals surface area contributed by atoms with Gasteiger partial charge in [0.2, 0.25) is 5.91 Å². The van der Waals surface area contributed by atoms with E-state index in [9.17, 15) is 9.18 Å². The fourth-order valence-electron chi connectivity index (χ4n) is 2.60. The number of hydrogen-bond acceptors (Lipinski definition) is 1. The van der Waals surface area contributed by atoms with E-state index in [0.29, 0.717) is 11.0 Å². The molecule has 20 heavy (non-hydrogen) atoms. The van der Waals surface area contributed by atoms with Crippen LogP contribution in [0.5, 0.6) is 0 Å². The second kappa shape index (κ2) is 5.96. The van der Waals surface area contributed by atoms with Crippen molar-refractivity contribution in [2.45, 2.75) is 39.2 Å². The summed E-state index contributed by atoms with van der Waals surface area (Å²) < 4.78 is 13.0. The second-order valence-corrected chi connectivity index (χ2v) is 6.53. The van der Waals surface area contributed by atoms with E-state index in [2.05, 4.69) is 19.2 Å². The van der Waals surface area contributed by atoms with Gasteiger partial charge in [0.15, 0.2) is 0 Å².